The molecule has 0 aliphatic carbocycles. The average molecular weight is 457 g/mol. The van der Waals surface area contributed by atoms with E-state index in [1.165, 1.54) is 0 Å². The summed E-state index contributed by atoms with van der Waals surface area (Å²) in [6.07, 6.45) is 1.13. The fourth-order valence-electron chi connectivity index (χ4n) is 4.03. The van der Waals surface area contributed by atoms with E-state index < -0.39 is 6.04 Å². The Morgan fingerprint density at radius 3 is 1.85 bits per heavy atom. The predicted molar refractivity (Wildman–Crippen MR) is 138 cm³/mol. The van der Waals surface area contributed by atoms with Crippen molar-refractivity contribution < 1.29 is 9.59 Å². The predicted octanol–water partition coefficient (Wildman–Crippen LogP) is 5.85. The minimum absolute atomic E-state index is 0.0370. The molecule has 0 aliphatic heterocycles. The van der Waals surface area contributed by atoms with Crippen LogP contribution in [0.3, 0.4) is 0 Å². The maximum absolute atomic E-state index is 13.8. The Labute approximate surface area is 204 Å². The zero-order valence-electron chi connectivity index (χ0n) is 20.7. The summed E-state index contributed by atoms with van der Waals surface area (Å²) in [5, 5.41) is 3.04. The van der Waals surface area contributed by atoms with Gasteiger partial charge < -0.3 is 10.2 Å². The van der Waals surface area contributed by atoms with Crippen molar-refractivity contribution in [2.45, 2.75) is 65.1 Å². The van der Waals surface area contributed by atoms with Crippen LogP contribution in [0.15, 0.2) is 84.9 Å². The third-order valence-electron chi connectivity index (χ3n) is 6.42. The molecule has 0 aromatic heterocycles. The van der Waals surface area contributed by atoms with Gasteiger partial charge in [0.15, 0.2) is 0 Å². The molecular formula is C30H36N2O2. The van der Waals surface area contributed by atoms with Crippen molar-refractivity contribution >= 4 is 11.8 Å². The van der Waals surface area contributed by atoms with Gasteiger partial charge in [0.25, 0.3) is 0 Å². The molecule has 1 N–H and O–H groups in total. The van der Waals surface area contributed by atoms with Gasteiger partial charge in [-0.05, 0) is 43.9 Å². The molecule has 3 aromatic rings. The lowest BCUT2D eigenvalue weighted by molar-refractivity contribution is -0.141. The maximum Gasteiger partial charge on any atom is 0.242 e. The first kappa shape index (κ1) is 25.2. The van der Waals surface area contributed by atoms with E-state index >= 15 is 0 Å². The second-order valence-electron chi connectivity index (χ2n) is 9.08. The highest BCUT2D eigenvalue weighted by Crippen LogP contribution is 2.29. The van der Waals surface area contributed by atoms with E-state index in [0.29, 0.717) is 13.0 Å². The lowest BCUT2D eigenvalue weighted by Crippen LogP contribution is -2.49. The van der Waals surface area contributed by atoms with Crippen molar-refractivity contribution in [3.8, 4) is 0 Å². The molecule has 4 heteroatoms. The van der Waals surface area contributed by atoms with Crippen LogP contribution >= 0.6 is 0 Å². The average Bonchev–Trinajstić information content (AvgIpc) is 2.87. The Morgan fingerprint density at radius 1 is 0.824 bits per heavy atom. The molecule has 2 amide bonds. The number of carbonyl (C=O) groups is 2. The highest BCUT2D eigenvalue weighted by Gasteiger charge is 2.29. The summed E-state index contributed by atoms with van der Waals surface area (Å²) in [6, 6.07) is 27.9. The minimum Gasteiger partial charge on any atom is -0.352 e. The number of hydrogen-bond acceptors (Lipinski definition) is 2. The fraction of sp³-hybridized carbons (Fsp3) is 0.333. The highest BCUT2D eigenvalue weighted by atomic mass is 16.2. The molecule has 0 spiro atoms. The summed E-state index contributed by atoms with van der Waals surface area (Å²) in [6.45, 7) is 8.28. The number of aryl methyl sites for hydroxylation is 1. The molecule has 3 rings (SSSR count). The SMILES string of the molecule is CC[C@H](C)NC(=O)[C@@H](C)N(Cc1ccc(C)cc1)C(=O)CC(c1ccccc1)c1ccccc1. The summed E-state index contributed by atoms with van der Waals surface area (Å²) >= 11 is 0. The molecule has 0 fully saturated rings. The second kappa shape index (κ2) is 12.2. The Hall–Kier alpha value is -3.40. The molecular weight excluding hydrogens is 420 g/mol. The van der Waals surface area contributed by atoms with Crippen LogP contribution in [0, 0.1) is 6.92 Å². The van der Waals surface area contributed by atoms with Crippen LogP contribution in [0.2, 0.25) is 0 Å². The van der Waals surface area contributed by atoms with Crippen LogP contribution in [0.4, 0.5) is 0 Å². The Kier molecular flexibility index (Phi) is 9.03. The van der Waals surface area contributed by atoms with E-state index in [-0.39, 0.29) is 23.8 Å². The fourth-order valence-corrected chi connectivity index (χ4v) is 4.03. The molecule has 0 saturated heterocycles. The van der Waals surface area contributed by atoms with Crippen LogP contribution in [0.1, 0.15) is 61.8 Å². The van der Waals surface area contributed by atoms with E-state index in [2.05, 4.69) is 29.6 Å². The maximum atomic E-state index is 13.8. The van der Waals surface area contributed by atoms with E-state index in [1.807, 2.05) is 88.4 Å². The monoisotopic (exact) mass is 456 g/mol. The normalized spacial score (nSPS) is 12.7. The number of nitrogens with zero attached hydrogens (tertiary/aromatic N) is 1. The van der Waals surface area contributed by atoms with Crippen LogP contribution in [-0.4, -0.2) is 28.8 Å². The zero-order valence-corrected chi connectivity index (χ0v) is 20.7. The van der Waals surface area contributed by atoms with Crippen LogP contribution in [0.25, 0.3) is 0 Å². The van der Waals surface area contributed by atoms with Crippen LogP contribution in [0.5, 0.6) is 0 Å². The summed E-state index contributed by atoms with van der Waals surface area (Å²) in [5.74, 6) is -0.240. The number of amides is 2. The Bertz CT molecular complexity index is 1010. The summed E-state index contributed by atoms with van der Waals surface area (Å²) in [7, 11) is 0. The third-order valence-corrected chi connectivity index (χ3v) is 6.42. The van der Waals surface area contributed by atoms with Gasteiger partial charge in [-0.3, -0.25) is 9.59 Å². The number of benzene rings is 3. The molecule has 0 unspecified atom stereocenters. The van der Waals surface area contributed by atoms with Crippen molar-refractivity contribution in [1.29, 1.82) is 0 Å². The molecule has 0 bridgehead atoms. The second-order valence-corrected chi connectivity index (χ2v) is 9.08. The van der Waals surface area contributed by atoms with Crippen molar-refractivity contribution in [3.05, 3.63) is 107 Å². The van der Waals surface area contributed by atoms with Crippen molar-refractivity contribution in [3.63, 3.8) is 0 Å². The van der Waals surface area contributed by atoms with Gasteiger partial charge in [-0.2, -0.15) is 0 Å². The molecule has 2 atom stereocenters. The first-order valence-electron chi connectivity index (χ1n) is 12.1. The van der Waals surface area contributed by atoms with Gasteiger partial charge >= 0.3 is 0 Å². The first-order valence-corrected chi connectivity index (χ1v) is 12.1. The van der Waals surface area contributed by atoms with Gasteiger partial charge in [0.2, 0.25) is 11.8 Å². The number of nitrogens with one attached hydrogen (secondary N) is 1. The third kappa shape index (κ3) is 6.80. The van der Waals surface area contributed by atoms with Crippen molar-refractivity contribution in [1.82, 2.24) is 10.2 Å². The van der Waals surface area contributed by atoms with Crippen LogP contribution < -0.4 is 5.32 Å². The Morgan fingerprint density at radius 2 is 1.35 bits per heavy atom. The largest absolute Gasteiger partial charge is 0.352 e. The summed E-state index contributed by atoms with van der Waals surface area (Å²) < 4.78 is 0. The van der Waals surface area contributed by atoms with E-state index in [1.54, 1.807) is 4.90 Å². The Balaban J connectivity index is 1.90. The van der Waals surface area contributed by atoms with Gasteiger partial charge in [0.05, 0.1) is 0 Å². The number of carbonyl (C=O) groups excluding carboxylic acids is 2. The van der Waals surface area contributed by atoms with Crippen LogP contribution in [-0.2, 0) is 16.1 Å². The molecule has 0 aliphatic rings. The quantitative estimate of drug-likeness (QED) is 0.416. The standard InChI is InChI=1S/C30H36N2O2/c1-5-23(3)31-30(34)24(4)32(21-25-18-16-22(2)17-19-25)29(33)20-28(26-12-8-6-9-13-26)27-14-10-7-11-15-27/h6-19,23-24,28H,5,20-21H2,1-4H3,(H,31,34)/t23-,24+/m0/s1. The van der Waals surface area contributed by atoms with Gasteiger partial charge in [0, 0.05) is 24.9 Å². The molecule has 0 saturated carbocycles. The van der Waals surface area contributed by atoms with Gasteiger partial charge in [-0.15, -0.1) is 0 Å². The van der Waals surface area contributed by atoms with E-state index in [9.17, 15) is 9.59 Å². The lowest BCUT2D eigenvalue weighted by Gasteiger charge is -2.31. The molecule has 178 valence electrons. The van der Waals surface area contributed by atoms with Gasteiger partial charge in [-0.25, -0.2) is 0 Å². The molecule has 0 heterocycles. The number of hydrogen-bond donors (Lipinski definition) is 1. The summed E-state index contributed by atoms with van der Waals surface area (Å²) in [4.78, 5) is 28.6. The molecule has 34 heavy (non-hydrogen) atoms. The lowest BCUT2D eigenvalue weighted by atomic mass is 9.88. The van der Waals surface area contributed by atoms with Gasteiger partial charge in [-0.1, -0.05) is 97.4 Å². The molecule has 4 nitrogen and oxygen atoms in total. The first-order chi connectivity index (χ1) is 16.4. The van der Waals surface area contributed by atoms with E-state index in [0.717, 1.165) is 28.7 Å². The van der Waals surface area contributed by atoms with Gasteiger partial charge in [0.1, 0.15) is 6.04 Å². The van der Waals surface area contributed by atoms with Crippen molar-refractivity contribution in [2.75, 3.05) is 0 Å². The number of rotatable bonds is 10. The highest BCUT2D eigenvalue weighted by molar-refractivity contribution is 5.88. The van der Waals surface area contributed by atoms with Crippen molar-refractivity contribution in [2.24, 2.45) is 0 Å². The zero-order chi connectivity index (χ0) is 24.5. The minimum atomic E-state index is -0.574. The smallest absolute Gasteiger partial charge is 0.242 e. The molecule has 3 aromatic carbocycles. The van der Waals surface area contributed by atoms with E-state index in [4.69, 9.17) is 0 Å². The topological polar surface area (TPSA) is 49.4 Å². The summed E-state index contributed by atoms with van der Waals surface area (Å²) in [5.41, 5.74) is 4.36. The molecule has 0 radical (unpaired) electrons.